The van der Waals surface area contributed by atoms with Crippen LogP contribution in [0, 0.1) is 0 Å². The SMILES string of the molecule is C[C@@H](O)[C@H](NC(=O)[C@@H](N)CCC(=O)O)C(=O)N[C@@H](Cc1c[nH]c2ccccc12)C(=O)O. The molecule has 2 rings (SSSR count). The van der Waals surface area contributed by atoms with Crippen LogP contribution in [0.4, 0.5) is 0 Å². The van der Waals surface area contributed by atoms with Gasteiger partial charge in [-0.05, 0) is 25.0 Å². The van der Waals surface area contributed by atoms with Crippen LogP contribution in [0.25, 0.3) is 10.9 Å². The van der Waals surface area contributed by atoms with Crippen LogP contribution in [-0.4, -0.2) is 68.3 Å². The topological polar surface area (TPSA) is 195 Å². The van der Waals surface area contributed by atoms with Crippen LogP contribution >= 0.6 is 0 Å². The molecule has 1 heterocycles. The number of aromatic nitrogens is 1. The van der Waals surface area contributed by atoms with Crippen molar-refractivity contribution >= 4 is 34.7 Å². The fourth-order valence-electron chi connectivity index (χ4n) is 3.06. The number of nitrogens with two attached hydrogens (primary N) is 1. The second-order valence-electron chi connectivity index (χ2n) is 7.23. The van der Waals surface area contributed by atoms with Gasteiger partial charge in [0.05, 0.1) is 12.1 Å². The van der Waals surface area contributed by atoms with Gasteiger partial charge in [0, 0.05) is 29.9 Å². The zero-order valence-electron chi connectivity index (χ0n) is 16.9. The van der Waals surface area contributed by atoms with Crippen molar-refractivity contribution in [2.45, 2.75) is 50.4 Å². The summed E-state index contributed by atoms with van der Waals surface area (Å²) in [5, 5.41) is 33.5. The number of benzene rings is 1. The first-order valence-electron chi connectivity index (χ1n) is 9.64. The molecule has 2 aromatic rings. The minimum Gasteiger partial charge on any atom is -0.481 e. The summed E-state index contributed by atoms with van der Waals surface area (Å²) in [6.45, 7) is 1.25. The summed E-state index contributed by atoms with van der Waals surface area (Å²) in [7, 11) is 0. The first-order chi connectivity index (χ1) is 14.6. The van der Waals surface area contributed by atoms with E-state index in [-0.39, 0.29) is 19.3 Å². The molecule has 11 nitrogen and oxygen atoms in total. The van der Waals surface area contributed by atoms with Crippen LogP contribution in [0.2, 0.25) is 0 Å². The monoisotopic (exact) mass is 434 g/mol. The van der Waals surface area contributed by atoms with Crippen molar-refractivity contribution in [3.63, 3.8) is 0 Å². The van der Waals surface area contributed by atoms with Crippen LogP contribution in [-0.2, 0) is 25.6 Å². The number of aliphatic hydroxyl groups excluding tert-OH is 1. The van der Waals surface area contributed by atoms with Crippen LogP contribution in [0.15, 0.2) is 30.5 Å². The highest BCUT2D eigenvalue weighted by Gasteiger charge is 2.31. The van der Waals surface area contributed by atoms with Crippen LogP contribution in [0.1, 0.15) is 25.3 Å². The van der Waals surface area contributed by atoms with Crippen LogP contribution in [0.3, 0.4) is 0 Å². The number of carbonyl (C=O) groups excluding carboxylic acids is 2. The quantitative estimate of drug-likeness (QED) is 0.242. The van der Waals surface area contributed by atoms with Gasteiger partial charge in [0.25, 0.3) is 0 Å². The van der Waals surface area contributed by atoms with E-state index >= 15 is 0 Å². The molecule has 0 spiro atoms. The van der Waals surface area contributed by atoms with Gasteiger partial charge in [-0.1, -0.05) is 18.2 Å². The third kappa shape index (κ3) is 6.52. The molecule has 2 amide bonds. The van der Waals surface area contributed by atoms with Gasteiger partial charge < -0.3 is 36.7 Å². The summed E-state index contributed by atoms with van der Waals surface area (Å²) in [6, 6.07) is 3.31. The Labute approximate surface area is 177 Å². The van der Waals surface area contributed by atoms with Crippen molar-refractivity contribution in [1.82, 2.24) is 15.6 Å². The summed E-state index contributed by atoms with van der Waals surface area (Å²) < 4.78 is 0. The van der Waals surface area contributed by atoms with Crippen molar-refractivity contribution in [2.75, 3.05) is 0 Å². The molecular weight excluding hydrogens is 408 g/mol. The molecule has 0 bridgehead atoms. The molecule has 168 valence electrons. The van der Waals surface area contributed by atoms with E-state index in [0.717, 1.165) is 10.9 Å². The van der Waals surface area contributed by atoms with E-state index in [4.69, 9.17) is 10.8 Å². The Kier molecular flexibility index (Phi) is 8.11. The molecule has 0 aliphatic carbocycles. The fourth-order valence-corrected chi connectivity index (χ4v) is 3.06. The molecule has 11 heteroatoms. The lowest BCUT2D eigenvalue weighted by Crippen LogP contribution is -2.58. The van der Waals surface area contributed by atoms with Gasteiger partial charge in [-0.2, -0.15) is 0 Å². The number of hydrogen-bond acceptors (Lipinski definition) is 6. The molecule has 31 heavy (non-hydrogen) atoms. The maximum Gasteiger partial charge on any atom is 0.326 e. The normalized spacial score (nSPS) is 14.9. The molecule has 0 aliphatic rings. The van der Waals surface area contributed by atoms with E-state index < -0.39 is 48.0 Å². The second-order valence-corrected chi connectivity index (χ2v) is 7.23. The third-order valence-electron chi connectivity index (χ3n) is 4.78. The molecule has 8 N–H and O–H groups in total. The van der Waals surface area contributed by atoms with Crippen molar-refractivity contribution in [1.29, 1.82) is 0 Å². The number of aliphatic carboxylic acids is 2. The second kappa shape index (κ2) is 10.5. The lowest BCUT2D eigenvalue weighted by Gasteiger charge is -2.24. The molecule has 0 saturated carbocycles. The number of carboxylic acid groups (broad SMARTS) is 2. The van der Waals surface area contributed by atoms with Gasteiger partial charge in [0.15, 0.2) is 0 Å². The maximum absolute atomic E-state index is 12.6. The summed E-state index contributed by atoms with van der Waals surface area (Å²) in [4.78, 5) is 50.1. The Morgan fingerprint density at radius 3 is 2.39 bits per heavy atom. The summed E-state index contributed by atoms with van der Waals surface area (Å²) in [5.41, 5.74) is 7.11. The van der Waals surface area contributed by atoms with Crippen molar-refractivity contribution in [2.24, 2.45) is 5.73 Å². The van der Waals surface area contributed by atoms with Crippen LogP contribution in [0.5, 0.6) is 0 Å². The predicted molar refractivity (Wildman–Crippen MR) is 110 cm³/mol. The maximum atomic E-state index is 12.6. The number of nitrogens with one attached hydrogen (secondary N) is 3. The van der Waals surface area contributed by atoms with Gasteiger partial charge in [-0.15, -0.1) is 0 Å². The van der Waals surface area contributed by atoms with E-state index in [1.807, 2.05) is 18.2 Å². The standard InChI is InChI=1S/C20H26N4O7/c1-10(25)17(24-18(28)13(21)6-7-16(26)27)19(29)23-15(20(30)31)8-11-9-22-14-5-3-2-4-12(11)14/h2-5,9-10,13,15,17,22,25H,6-8,21H2,1H3,(H,23,29)(H,24,28)(H,26,27)(H,30,31)/t10-,13+,15+,17+/m1/s1. The molecule has 4 atom stereocenters. The lowest BCUT2D eigenvalue weighted by atomic mass is 10.0. The molecule has 0 unspecified atom stereocenters. The Morgan fingerprint density at radius 1 is 1.10 bits per heavy atom. The number of carbonyl (C=O) groups is 4. The minimum atomic E-state index is -1.46. The van der Waals surface area contributed by atoms with Gasteiger partial charge in [-0.3, -0.25) is 14.4 Å². The van der Waals surface area contributed by atoms with E-state index in [1.54, 1.807) is 12.3 Å². The average molecular weight is 434 g/mol. The molecule has 0 fully saturated rings. The summed E-state index contributed by atoms with van der Waals surface area (Å²) >= 11 is 0. The Balaban J connectivity index is 2.08. The van der Waals surface area contributed by atoms with E-state index in [0.29, 0.717) is 5.56 Å². The Morgan fingerprint density at radius 2 is 1.77 bits per heavy atom. The zero-order chi connectivity index (χ0) is 23.1. The Hall–Kier alpha value is -3.44. The lowest BCUT2D eigenvalue weighted by molar-refractivity contribution is -0.142. The van der Waals surface area contributed by atoms with Crippen LogP contribution < -0.4 is 16.4 Å². The first kappa shape index (κ1) is 23.8. The van der Waals surface area contributed by atoms with Gasteiger partial charge in [-0.25, -0.2) is 4.79 Å². The number of fused-ring (bicyclic) bond motifs is 1. The zero-order valence-corrected chi connectivity index (χ0v) is 16.9. The van der Waals surface area contributed by atoms with Gasteiger partial charge in [0.1, 0.15) is 12.1 Å². The molecule has 0 radical (unpaired) electrons. The van der Waals surface area contributed by atoms with Gasteiger partial charge in [0.2, 0.25) is 11.8 Å². The number of para-hydroxylation sites is 1. The molecule has 1 aromatic carbocycles. The highest BCUT2D eigenvalue weighted by molar-refractivity contribution is 5.92. The van der Waals surface area contributed by atoms with Gasteiger partial charge >= 0.3 is 11.9 Å². The molecule has 0 saturated heterocycles. The van der Waals surface area contributed by atoms with E-state index in [2.05, 4.69) is 15.6 Å². The molecule has 1 aromatic heterocycles. The number of carboxylic acids is 2. The predicted octanol–water partition coefficient (Wildman–Crippen LogP) is -0.662. The molecule has 0 aliphatic heterocycles. The average Bonchev–Trinajstić information content (AvgIpc) is 3.11. The number of rotatable bonds is 11. The highest BCUT2D eigenvalue weighted by Crippen LogP contribution is 2.19. The first-order valence-corrected chi connectivity index (χ1v) is 9.64. The smallest absolute Gasteiger partial charge is 0.326 e. The Bertz CT molecular complexity index is 956. The number of amides is 2. The molecular formula is C20H26N4O7. The highest BCUT2D eigenvalue weighted by atomic mass is 16.4. The largest absolute Gasteiger partial charge is 0.481 e. The minimum absolute atomic E-state index is 0.0241. The number of H-pyrrole nitrogens is 1. The third-order valence-corrected chi connectivity index (χ3v) is 4.78. The van der Waals surface area contributed by atoms with E-state index in [9.17, 15) is 29.4 Å². The number of aromatic amines is 1. The van der Waals surface area contributed by atoms with Crippen molar-refractivity contribution < 1.29 is 34.5 Å². The van der Waals surface area contributed by atoms with E-state index in [1.165, 1.54) is 6.92 Å². The summed E-state index contributed by atoms with van der Waals surface area (Å²) in [5.74, 6) is -4.14. The fraction of sp³-hybridized carbons (Fsp3) is 0.400. The van der Waals surface area contributed by atoms with Crippen molar-refractivity contribution in [3.8, 4) is 0 Å². The number of hydrogen-bond donors (Lipinski definition) is 7. The van der Waals surface area contributed by atoms with Crippen molar-refractivity contribution in [3.05, 3.63) is 36.0 Å². The summed E-state index contributed by atoms with van der Waals surface area (Å²) in [6.07, 6.45) is -0.219. The number of aliphatic hydroxyl groups is 1.